The number of nitrogens with one attached hydrogen (secondary N) is 2. The number of amides is 2. The molecule has 9 heteroatoms. The first-order chi connectivity index (χ1) is 15.3. The third-order valence-electron chi connectivity index (χ3n) is 4.34. The van der Waals surface area contributed by atoms with Gasteiger partial charge < -0.3 is 15.7 Å². The monoisotopic (exact) mass is 488 g/mol. The molecule has 0 radical (unpaired) electrons. The Morgan fingerprint density at radius 1 is 0.812 bits per heavy atom. The first-order valence-corrected chi connectivity index (χ1v) is 11.3. The lowest BCUT2D eigenvalue weighted by Gasteiger charge is -2.09. The quantitative estimate of drug-likeness (QED) is 0.371. The number of rotatable bonds is 8. The molecule has 0 aliphatic rings. The Bertz CT molecular complexity index is 1130. The van der Waals surface area contributed by atoms with Crippen LogP contribution < -0.4 is 10.6 Å². The molecule has 164 valence electrons. The molecule has 3 N–H and O–H groups in total. The summed E-state index contributed by atoms with van der Waals surface area (Å²) in [6.45, 7) is 0. The molecule has 3 aromatic carbocycles. The van der Waals surface area contributed by atoms with Crippen LogP contribution in [0.5, 0.6) is 0 Å². The van der Waals surface area contributed by atoms with E-state index in [2.05, 4.69) is 10.6 Å². The standard InChI is InChI=1S/C23H18Cl2N2O4S/c24-19-5-2-6-20(25)18(19)12-32-13-21(28)26-17-4-1-3-15(11-17)22(29)27-16-9-7-14(8-10-16)23(30)31/h1-11H,12-13H2,(H,26,28)(H,27,29)(H,30,31). The van der Waals surface area contributed by atoms with E-state index in [0.717, 1.165) is 5.56 Å². The van der Waals surface area contributed by atoms with E-state index in [0.29, 0.717) is 32.7 Å². The van der Waals surface area contributed by atoms with Crippen molar-refractivity contribution in [1.29, 1.82) is 0 Å². The average Bonchev–Trinajstić information content (AvgIpc) is 2.76. The topological polar surface area (TPSA) is 95.5 Å². The molecule has 6 nitrogen and oxygen atoms in total. The number of halogens is 2. The molecular formula is C23H18Cl2N2O4S. The summed E-state index contributed by atoms with van der Waals surface area (Å²) in [6, 6.07) is 17.6. The molecule has 0 saturated carbocycles. The predicted molar refractivity (Wildman–Crippen MR) is 129 cm³/mol. The first-order valence-electron chi connectivity index (χ1n) is 9.39. The fourth-order valence-corrected chi connectivity index (χ4v) is 4.31. The highest BCUT2D eigenvalue weighted by Gasteiger charge is 2.11. The molecule has 0 atom stereocenters. The summed E-state index contributed by atoms with van der Waals surface area (Å²) in [7, 11) is 0. The molecule has 0 aliphatic heterocycles. The molecule has 0 aromatic heterocycles. The van der Waals surface area contributed by atoms with Crippen LogP contribution in [0, 0.1) is 0 Å². The molecule has 0 bridgehead atoms. The predicted octanol–water partition coefficient (Wildman–Crippen LogP) is 5.82. The number of hydrogen-bond acceptors (Lipinski definition) is 4. The van der Waals surface area contributed by atoms with Crippen LogP contribution in [0.3, 0.4) is 0 Å². The van der Waals surface area contributed by atoms with Gasteiger partial charge >= 0.3 is 5.97 Å². The van der Waals surface area contributed by atoms with Crippen molar-refractivity contribution in [3.05, 3.63) is 93.5 Å². The molecular weight excluding hydrogens is 471 g/mol. The van der Waals surface area contributed by atoms with Gasteiger partial charge in [0, 0.05) is 32.7 Å². The Morgan fingerprint density at radius 2 is 1.47 bits per heavy atom. The molecule has 0 fully saturated rings. The van der Waals surface area contributed by atoms with Gasteiger partial charge in [0.15, 0.2) is 0 Å². The van der Waals surface area contributed by atoms with Gasteiger partial charge in [0.05, 0.1) is 11.3 Å². The van der Waals surface area contributed by atoms with Crippen molar-refractivity contribution >= 4 is 64.1 Å². The second kappa shape index (κ2) is 11.0. The van der Waals surface area contributed by atoms with Gasteiger partial charge in [0.2, 0.25) is 5.91 Å². The van der Waals surface area contributed by atoms with Gasteiger partial charge in [-0.2, -0.15) is 0 Å². The molecule has 32 heavy (non-hydrogen) atoms. The second-order valence-corrected chi connectivity index (χ2v) is 8.46. The fourth-order valence-electron chi connectivity index (χ4n) is 2.75. The number of hydrogen-bond donors (Lipinski definition) is 3. The minimum absolute atomic E-state index is 0.127. The zero-order chi connectivity index (χ0) is 23.1. The number of aromatic carboxylic acids is 1. The number of carbonyl (C=O) groups is 3. The number of thioether (sulfide) groups is 1. The first kappa shape index (κ1) is 23.7. The molecule has 2 amide bonds. The van der Waals surface area contributed by atoms with E-state index in [9.17, 15) is 14.4 Å². The maximum absolute atomic E-state index is 12.5. The third-order valence-corrected chi connectivity index (χ3v) is 6.01. The van der Waals surface area contributed by atoms with Gasteiger partial charge in [-0.3, -0.25) is 9.59 Å². The van der Waals surface area contributed by atoms with Crippen LogP contribution >= 0.6 is 35.0 Å². The van der Waals surface area contributed by atoms with Gasteiger partial charge in [0.25, 0.3) is 5.91 Å². The van der Waals surface area contributed by atoms with Crippen molar-refractivity contribution in [2.24, 2.45) is 0 Å². The minimum atomic E-state index is -1.04. The van der Waals surface area contributed by atoms with E-state index in [1.807, 2.05) is 0 Å². The SMILES string of the molecule is O=C(CSCc1c(Cl)cccc1Cl)Nc1cccc(C(=O)Nc2ccc(C(=O)O)cc2)c1. The van der Waals surface area contributed by atoms with Crippen LogP contribution in [0.2, 0.25) is 10.0 Å². The molecule has 3 rings (SSSR count). The van der Waals surface area contributed by atoms with Gasteiger partial charge in [-0.1, -0.05) is 35.3 Å². The largest absolute Gasteiger partial charge is 0.478 e. The molecule has 0 spiro atoms. The van der Waals surface area contributed by atoms with E-state index >= 15 is 0 Å². The highest BCUT2D eigenvalue weighted by atomic mass is 35.5. The van der Waals surface area contributed by atoms with Crippen molar-refractivity contribution in [1.82, 2.24) is 0 Å². The molecule has 0 heterocycles. The highest BCUT2D eigenvalue weighted by molar-refractivity contribution is 7.99. The van der Waals surface area contributed by atoms with Crippen molar-refractivity contribution < 1.29 is 19.5 Å². The maximum Gasteiger partial charge on any atom is 0.335 e. The maximum atomic E-state index is 12.5. The molecule has 3 aromatic rings. The van der Waals surface area contributed by atoms with Crippen molar-refractivity contribution in [2.75, 3.05) is 16.4 Å². The zero-order valence-corrected chi connectivity index (χ0v) is 18.9. The zero-order valence-electron chi connectivity index (χ0n) is 16.6. The number of carboxylic acid groups (broad SMARTS) is 1. The van der Waals surface area contributed by atoms with Crippen LogP contribution in [-0.4, -0.2) is 28.6 Å². The lowest BCUT2D eigenvalue weighted by atomic mass is 10.1. The smallest absolute Gasteiger partial charge is 0.335 e. The lowest BCUT2D eigenvalue weighted by Crippen LogP contribution is -2.16. The molecule has 0 saturated heterocycles. The number of carbonyl (C=O) groups excluding carboxylic acids is 2. The van der Waals surface area contributed by atoms with E-state index in [-0.39, 0.29) is 23.1 Å². The van der Waals surface area contributed by atoms with Crippen molar-refractivity contribution in [2.45, 2.75) is 5.75 Å². The van der Waals surface area contributed by atoms with E-state index in [4.69, 9.17) is 28.3 Å². The fraction of sp³-hybridized carbons (Fsp3) is 0.0870. The Labute approximate surface area is 198 Å². The summed E-state index contributed by atoms with van der Waals surface area (Å²) >= 11 is 13.7. The van der Waals surface area contributed by atoms with Gasteiger partial charge in [-0.25, -0.2) is 4.79 Å². The van der Waals surface area contributed by atoms with Crippen LogP contribution in [-0.2, 0) is 10.5 Å². The third kappa shape index (κ3) is 6.50. The molecule has 0 unspecified atom stereocenters. The van der Waals surface area contributed by atoms with E-state index < -0.39 is 5.97 Å². The summed E-state index contributed by atoms with van der Waals surface area (Å²) in [5.74, 6) is -0.963. The minimum Gasteiger partial charge on any atom is -0.478 e. The van der Waals surface area contributed by atoms with Crippen molar-refractivity contribution in [3.8, 4) is 0 Å². The summed E-state index contributed by atoms with van der Waals surface area (Å²) in [5, 5.41) is 15.5. The normalized spacial score (nSPS) is 10.4. The Hall–Kier alpha value is -3.00. The van der Waals surface area contributed by atoms with E-state index in [1.54, 1.807) is 42.5 Å². The number of carboxylic acids is 1. The summed E-state index contributed by atoms with van der Waals surface area (Å²) in [4.78, 5) is 35.7. The van der Waals surface area contributed by atoms with Crippen LogP contribution in [0.4, 0.5) is 11.4 Å². The van der Waals surface area contributed by atoms with Crippen LogP contribution in [0.15, 0.2) is 66.7 Å². The molecule has 0 aliphatic carbocycles. The van der Waals surface area contributed by atoms with E-state index in [1.165, 1.54) is 36.0 Å². The second-order valence-electron chi connectivity index (χ2n) is 6.66. The van der Waals surface area contributed by atoms with Crippen LogP contribution in [0.1, 0.15) is 26.3 Å². The number of anilines is 2. The Kier molecular flexibility index (Phi) is 8.16. The Balaban J connectivity index is 1.55. The van der Waals surface area contributed by atoms with Crippen molar-refractivity contribution in [3.63, 3.8) is 0 Å². The highest BCUT2D eigenvalue weighted by Crippen LogP contribution is 2.28. The van der Waals surface area contributed by atoms with Gasteiger partial charge in [-0.05, 0) is 60.2 Å². The van der Waals surface area contributed by atoms with Gasteiger partial charge in [0.1, 0.15) is 0 Å². The number of benzene rings is 3. The summed E-state index contributed by atoms with van der Waals surface area (Å²) < 4.78 is 0. The van der Waals surface area contributed by atoms with Gasteiger partial charge in [-0.15, -0.1) is 11.8 Å². The van der Waals surface area contributed by atoms with Crippen LogP contribution in [0.25, 0.3) is 0 Å². The Morgan fingerprint density at radius 3 is 2.12 bits per heavy atom. The lowest BCUT2D eigenvalue weighted by molar-refractivity contribution is -0.113. The summed E-state index contributed by atoms with van der Waals surface area (Å²) in [5.41, 5.74) is 2.20. The average molecular weight is 489 g/mol. The summed E-state index contributed by atoms with van der Waals surface area (Å²) in [6.07, 6.45) is 0.